The Morgan fingerprint density at radius 2 is 1.78 bits per heavy atom. The van der Waals surface area contributed by atoms with Gasteiger partial charge in [0, 0.05) is 5.57 Å². The first-order chi connectivity index (χ1) is 11.0. The maximum Gasteiger partial charge on any atom is 0.338 e. The van der Waals surface area contributed by atoms with Crippen LogP contribution in [-0.4, -0.2) is 12.4 Å². The zero-order valence-electron chi connectivity index (χ0n) is 13.2. The lowest BCUT2D eigenvalue weighted by molar-refractivity contribution is -0.130. The van der Waals surface area contributed by atoms with E-state index in [1.54, 1.807) is 25.1 Å². The van der Waals surface area contributed by atoms with E-state index in [4.69, 9.17) is 9.47 Å². The van der Waals surface area contributed by atoms with Gasteiger partial charge in [0.05, 0.1) is 0 Å². The number of carbonyl (C=O) groups excluding carboxylic acids is 2. The van der Waals surface area contributed by atoms with Gasteiger partial charge in [-0.05, 0) is 54.3 Å². The summed E-state index contributed by atoms with van der Waals surface area (Å²) < 4.78 is 10.1. The minimum absolute atomic E-state index is 0.354. The van der Waals surface area contributed by atoms with E-state index in [-0.39, 0.29) is 0 Å². The van der Waals surface area contributed by atoms with Crippen LogP contribution >= 0.6 is 0 Å². The molecule has 0 fully saturated rings. The molecule has 4 heteroatoms. The van der Waals surface area contributed by atoms with Crippen LogP contribution in [0.4, 0.5) is 0 Å². The highest BCUT2D eigenvalue weighted by molar-refractivity contribution is 5.88. The molecular formula is C19H18O4. The fourth-order valence-corrected chi connectivity index (χ4v) is 2.11. The van der Waals surface area contributed by atoms with Crippen molar-refractivity contribution in [1.82, 2.24) is 0 Å². The Morgan fingerprint density at radius 1 is 1.13 bits per heavy atom. The highest BCUT2D eigenvalue weighted by Crippen LogP contribution is 2.28. The van der Waals surface area contributed by atoms with E-state index in [0.717, 1.165) is 23.1 Å². The zero-order chi connectivity index (χ0) is 16.8. The number of aryl methyl sites for hydroxylation is 1. The molecule has 0 aromatic heterocycles. The van der Waals surface area contributed by atoms with Crippen LogP contribution in [0.15, 0.2) is 54.6 Å². The third-order valence-electron chi connectivity index (χ3n) is 3.36. The molecule has 2 aromatic rings. The molecule has 0 bridgehead atoms. The van der Waals surface area contributed by atoms with Crippen LogP contribution in [0.5, 0.6) is 11.5 Å². The van der Waals surface area contributed by atoms with E-state index < -0.39 is 5.97 Å². The van der Waals surface area contributed by atoms with Gasteiger partial charge in [-0.3, -0.25) is 4.79 Å². The van der Waals surface area contributed by atoms with Crippen molar-refractivity contribution in [2.24, 2.45) is 0 Å². The van der Waals surface area contributed by atoms with Crippen LogP contribution in [0, 0.1) is 0 Å². The standard InChI is InChI=1S/C19H18O4/c1-4-14-11-16(7-10-18(14)22-12-20)15-5-8-17(9-6-15)23-19(21)13(2)3/h5-12H,2,4H2,1,3H3. The van der Waals surface area contributed by atoms with Crippen molar-refractivity contribution in [3.63, 3.8) is 0 Å². The number of hydrogen-bond donors (Lipinski definition) is 0. The summed E-state index contributed by atoms with van der Waals surface area (Å²) >= 11 is 0. The summed E-state index contributed by atoms with van der Waals surface area (Å²) in [7, 11) is 0. The third-order valence-corrected chi connectivity index (χ3v) is 3.36. The third kappa shape index (κ3) is 4.07. The Labute approximate surface area is 135 Å². The first-order valence-electron chi connectivity index (χ1n) is 7.26. The topological polar surface area (TPSA) is 52.6 Å². The van der Waals surface area contributed by atoms with Crippen molar-refractivity contribution in [3.05, 3.63) is 60.2 Å². The van der Waals surface area contributed by atoms with Crippen molar-refractivity contribution in [1.29, 1.82) is 0 Å². The number of rotatable bonds is 6. The summed E-state index contributed by atoms with van der Waals surface area (Å²) in [4.78, 5) is 22.0. The Balaban J connectivity index is 2.23. The summed E-state index contributed by atoms with van der Waals surface area (Å²) in [6.07, 6.45) is 0.755. The summed E-state index contributed by atoms with van der Waals surface area (Å²) in [5.41, 5.74) is 3.28. The number of esters is 1. The lowest BCUT2D eigenvalue weighted by Crippen LogP contribution is -2.07. The Hall–Kier alpha value is -2.88. The Kier molecular flexibility index (Phi) is 5.31. The molecule has 0 heterocycles. The van der Waals surface area contributed by atoms with Crippen LogP contribution < -0.4 is 9.47 Å². The number of benzene rings is 2. The molecule has 0 radical (unpaired) electrons. The van der Waals surface area contributed by atoms with E-state index in [1.807, 2.05) is 31.2 Å². The Morgan fingerprint density at radius 3 is 2.35 bits per heavy atom. The first-order valence-corrected chi connectivity index (χ1v) is 7.26. The molecule has 2 rings (SSSR count). The van der Waals surface area contributed by atoms with Crippen LogP contribution in [0.3, 0.4) is 0 Å². The predicted octanol–water partition coefficient (Wildman–Crippen LogP) is 3.93. The van der Waals surface area contributed by atoms with Gasteiger partial charge >= 0.3 is 5.97 Å². The molecule has 0 aliphatic carbocycles. The Bertz CT molecular complexity index is 730. The fourth-order valence-electron chi connectivity index (χ4n) is 2.11. The fraction of sp³-hybridized carbons (Fsp3) is 0.158. The van der Waals surface area contributed by atoms with Crippen molar-refractivity contribution in [2.75, 3.05) is 0 Å². The molecule has 0 amide bonds. The van der Waals surface area contributed by atoms with E-state index in [0.29, 0.717) is 23.5 Å². The largest absolute Gasteiger partial charge is 0.428 e. The molecule has 0 spiro atoms. The average molecular weight is 310 g/mol. The van der Waals surface area contributed by atoms with Crippen LogP contribution in [-0.2, 0) is 16.0 Å². The average Bonchev–Trinajstić information content (AvgIpc) is 2.56. The van der Waals surface area contributed by atoms with Crippen molar-refractivity contribution in [2.45, 2.75) is 20.3 Å². The maximum absolute atomic E-state index is 11.5. The minimum atomic E-state index is -0.443. The van der Waals surface area contributed by atoms with E-state index >= 15 is 0 Å². The van der Waals surface area contributed by atoms with Gasteiger partial charge in [-0.1, -0.05) is 31.7 Å². The van der Waals surface area contributed by atoms with E-state index in [1.165, 1.54) is 0 Å². The summed E-state index contributed by atoms with van der Waals surface area (Å²) in [6, 6.07) is 12.8. The molecule has 118 valence electrons. The van der Waals surface area contributed by atoms with Gasteiger partial charge in [-0.15, -0.1) is 0 Å². The number of hydrogen-bond acceptors (Lipinski definition) is 4. The molecule has 0 aliphatic rings. The second kappa shape index (κ2) is 7.40. The monoisotopic (exact) mass is 310 g/mol. The second-order valence-corrected chi connectivity index (χ2v) is 5.08. The van der Waals surface area contributed by atoms with Crippen LogP contribution in [0.1, 0.15) is 19.4 Å². The van der Waals surface area contributed by atoms with Crippen molar-refractivity contribution < 1.29 is 19.1 Å². The van der Waals surface area contributed by atoms with Crippen molar-refractivity contribution in [3.8, 4) is 22.6 Å². The molecule has 4 nitrogen and oxygen atoms in total. The van der Waals surface area contributed by atoms with Gasteiger partial charge in [-0.25, -0.2) is 4.79 Å². The molecule has 0 saturated carbocycles. The first kappa shape index (κ1) is 16.5. The van der Waals surface area contributed by atoms with Gasteiger partial charge in [-0.2, -0.15) is 0 Å². The lowest BCUT2D eigenvalue weighted by atomic mass is 10.0. The van der Waals surface area contributed by atoms with Crippen molar-refractivity contribution >= 4 is 12.4 Å². The van der Waals surface area contributed by atoms with Gasteiger partial charge in [0.15, 0.2) is 0 Å². The molecule has 0 aliphatic heterocycles. The normalized spacial score (nSPS) is 10.0. The van der Waals surface area contributed by atoms with Gasteiger partial charge < -0.3 is 9.47 Å². The smallest absolute Gasteiger partial charge is 0.338 e. The number of ether oxygens (including phenoxy) is 2. The van der Waals surface area contributed by atoms with Gasteiger partial charge in [0.2, 0.25) is 0 Å². The number of carbonyl (C=O) groups is 2. The molecule has 2 aromatic carbocycles. The highest BCUT2D eigenvalue weighted by atomic mass is 16.5. The minimum Gasteiger partial charge on any atom is -0.428 e. The molecule has 0 N–H and O–H groups in total. The zero-order valence-corrected chi connectivity index (χ0v) is 13.2. The quantitative estimate of drug-likeness (QED) is 0.351. The molecule has 0 saturated heterocycles. The van der Waals surface area contributed by atoms with E-state index in [2.05, 4.69) is 6.58 Å². The lowest BCUT2D eigenvalue weighted by Gasteiger charge is -2.09. The highest BCUT2D eigenvalue weighted by Gasteiger charge is 2.08. The molecular weight excluding hydrogens is 292 g/mol. The predicted molar refractivity (Wildman–Crippen MR) is 88.4 cm³/mol. The summed E-state index contributed by atoms with van der Waals surface area (Å²) in [5, 5.41) is 0. The molecule has 0 unspecified atom stereocenters. The summed E-state index contributed by atoms with van der Waals surface area (Å²) in [5.74, 6) is 0.595. The second-order valence-electron chi connectivity index (χ2n) is 5.08. The molecule has 23 heavy (non-hydrogen) atoms. The van der Waals surface area contributed by atoms with Gasteiger partial charge in [0.1, 0.15) is 11.5 Å². The maximum atomic E-state index is 11.5. The molecule has 0 atom stereocenters. The van der Waals surface area contributed by atoms with Crippen LogP contribution in [0.25, 0.3) is 11.1 Å². The summed E-state index contributed by atoms with van der Waals surface area (Å²) in [6.45, 7) is 7.58. The van der Waals surface area contributed by atoms with E-state index in [9.17, 15) is 9.59 Å². The van der Waals surface area contributed by atoms with Gasteiger partial charge in [0.25, 0.3) is 6.47 Å². The SMILES string of the molecule is C=C(C)C(=O)Oc1ccc(-c2ccc(OC=O)c(CC)c2)cc1. The van der Waals surface area contributed by atoms with Crippen LogP contribution in [0.2, 0.25) is 0 Å².